The highest BCUT2D eigenvalue weighted by molar-refractivity contribution is 7.89. The Morgan fingerprint density at radius 3 is 2.52 bits per heavy atom. The van der Waals surface area contributed by atoms with Gasteiger partial charge in [0, 0.05) is 32.0 Å². The summed E-state index contributed by atoms with van der Waals surface area (Å²) < 4.78 is 28.0. The van der Waals surface area contributed by atoms with Crippen LogP contribution >= 0.6 is 0 Å². The molecule has 0 spiro atoms. The fourth-order valence-electron chi connectivity index (χ4n) is 3.09. The molecule has 2 aromatic rings. The molecule has 0 amide bonds. The summed E-state index contributed by atoms with van der Waals surface area (Å²) in [7, 11) is -3.47. The predicted molar refractivity (Wildman–Crippen MR) is 98.1 cm³/mol. The lowest BCUT2D eigenvalue weighted by atomic mass is 9.97. The van der Waals surface area contributed by atoms with Crippen molar-refractivity contribution in [2.45, 2.75) is 31.6 Å². The summed E-state index contributed by atoms with van der Waals surface area (Å²) in [5, 5.41) is 0. The van der Waals surface area contributed by atoms with Crippen LogP contribution in [0.25, 0.3) is 0 Å². The Labute approximate surface area is 149 Å². The molecule has 1 saturated heterocycles. The van der Waals surface area contributed by atoms with Crippen LogP contribution in [0.2, 0.25) is 0 Å². The molecule has 0 bridgehead atoms. The van der Waals surface area contributed by atoms with Crippen molar-refractivity contribution in [3.05, 3.63) is 47.8 Å². The zero-order chi connectivity index (χ0) is 17.9. The minimum atomic E-state index is -3.47. The molecule has 7 heteroatoms. The van der Waals surface area contributed by atoms with Crippen molar-refractivity contribution < 1.29 is 8.42 Å². The molecule has 6 nitrogen and oxygen atoms in total. The lowest BCUT2D eigenvalue weighted by Crippen LogP contribution is -2.39. The molecule has 3 rings (SSSR count). The largest absolute Gasteiger partial charge is 0.341 e. The molecule has 0 atom stereocenters. The molecule has 0 radical (unpaired) electrons. The Morgan fingerprint density at radius 1 is 1.16 bits per heavy atom. The van der Waals surface area contributed by atoms with Gasteiger partial charge in [0.15, 0.2) is 0 Å². The van der Waals surface area contributed by atoms with Gasteiger partial charge in [-0.1, -0.05) is 12.1 Å². The number of sulfonamides is 1. The topological polar surface area (TPSA) is 75.2 Å². The summed E-state index contributed by atoms with van der Waals surface area (Å²) in [6.45, 7) is 5.89. The molecule has 1 aromatic heterocycles. The van der Waals surface area contributed by atoms with E-state index in [2.05, 4.69) is 19.6 Å². The van der Waals surface area contributed by atoms with Crippen LogP contribution in [0.1, 0.15) is 24.0 Å². The van der Waals surface area contributed by atoms with Crippen LogP contribution in [0.3, 0.4) is 0 Å². The van der Waals surface area contributed by atoms with Crippen molar-refractivity contribution >= 4 is 16.0 Å². The van der Waals surface area contributed by atoms with E-state index in [9.17, 15) is 8.42 Å². The first-order chi connectivity index (χ1) is 12.0. The molecule has 0 unspecified atom stereocenters. The van der Waals surface area contributed by atoms with E-state index >= 15 is 0 Å². The van der Waals surface area contributed by atoms with E-state index in [-0.39, 0.29) is 0 Å². The molecule has 1 aromatic carbocycles. The summed E-state index contributed by atoms with van der Waals surface area (Å²) in [6, 6.07) is 7.31. The van der Waals surface area contributed by atoms with Gasteiger partial charge >= 0.3 is 0 Å². The summed E-state index contributed by atoms with van der Waals surface area (Å²) in [4.78, 5) is 11.1. The van der Waals surface area contributed by atoms with Crippen LogP contribution in [-0.2, 0) is 10.0 Å². The van der Waals surface area contributed by atoms with Gasteiger partial charge < -0.3 is 4.90 Å². The van der Waals surface area contributed by atoms with Crippen molar-refractivity contribution in [1.29, 1.82) is 0 Å². The lowest BCUT2D eigenvalue weighted by Gasteiger charge is -2.31. The molecule has 2 heterocycles. The second-order valence-electron chi connectivity index (χ2n) is 6.60. The SMILES string of the molecule is Cc1ccc(C)c(S(=O)(=O)NCC2CCN(c3ncccn3)CC2)c1. The van der Waals surface area contributed by atoms with Gasteiger partial charge in [-0.3, -0.25) is 0 Å². The van der Waals surface area contributed by atoms with E-state index in [1.807, 2.05) is 26.0 Å². The van der Waals surface area contributed by atoms with Gasteiger partial charge in [-0.25, -0.2) is 23.1 Å². The van der Waals surface area contributed by atoms with Crippen LogP contribution in [0, 0.1) is 19.8 Å². The number of piperidine rings is 1. The van der Waals surface area contributed by atoms with Crippen LogP contribution < -0.4 is 9.62 Å². The smallest absolute Gasteiger partial charge is 0.240 e. The maximum Gasteiger partial charge on any atom is 0.240 e. The number of rotatable bonds is 5. The standard InChI is InChI=1S/C18H24N4O2S/c1-14-4-5-15(2)17(12-14)25(23,24)21-13-16-6-10-22(11-7-16)18-19-8-3-9-20-18/h3-5,8-9,12,16,21H,6-7,10-11,13H2,1-2H3. The van der Waals surface area contributed by atoms with Gasteiger partial charge in [0.1, 0.15) is 0 Å². The second kappa shape index (κ2) is 7.49. The third-order valence-electron chi connectivity index (χ3n) is 4.64. The number of hydrogen-bond donors (Lipinski definition) is 1. The monoisotopic (exact) mass is 360 g/mol. The van der Waals surface area contributed by atoms with E-state index in [1.165, 1.54) is 0 Å². The zero-order valence-corrected chi connectivity index (χ0v) is 15.5. The third kappa shape index (κ3) is 4.35. The van der Waals surface area contributed by atoms with E-state index in [4.69, 9.17) is 0 Å². The van der Waals surface area contributed by atoms with Gasteiger partial charge in [-0.05, 0) is 55.9 Å². The predicted octanol–water partition coefficient (Wildman–Crippen LogP) is 2.29. The van der Waals surface area contributed by atoms with Crippen molar-refractivity contribution in [3.8, 4) is 0 Å². The van der Waals surface area contributed by atoms with E-state index < -0.39 is 10.0 Å². The number of anilines is 1. The molecule has 0 saturated carbocycles. The van der Waals surface area contributed by atoms with E-state index in [0.29, 0.717) is 17.4 Å². The van der Waals surface area contributed by atoms with Gasteiger partial charge in [-0.15, -0.1) is 0 Å². The highest BCUT2D eigenvalue weighted by atomic mass is 32.2. The zero-order valence-electron chi connectivity index (χ0n) is 14.6. The highest BCUT2D eigenvalue weighted by Crippen LogP contribution is 2.21. The second-order valence-corrected chi connectivity index (χ2v) is 8.34. The minimum absolute atomic E-state index is 0.333. The quantitative estimate of drug-likeness (QED) is 0.885. The van der Waals surface area contributed by atoms with Gasteiger partial charge in [-0.2, -0.15) is 0 Å². The number of nitrogens with one attached hydrogen (secondary N) is 1. The molecular weight excluding hydrogens is 336 g/mol. The first kappa shape index (κ1) is 17.8. The fourth-order valence-corrected chi connectivity index (χ4v) is 4.54. The molecule has 1 aliphatic rings. The first-order valence-electron chi connectivity index (χ1n) is 8.54. The Hall–Kier alpha value is -1.99. The molecule has 1 fully saturated rings. The lowest BCUT2D eigenvalue weighted by molar-refractivity contribution is 0.399. The van der Waals surface area contributed by atoms with E-state index in [1.54, 1.807) is 24.5 Å². The molecule has 134 valence electrons. The first-order valence-corrected chi connectivity index (χ1v) is 10.0. The molecule has 0 aliphatic carbocycles. The van der Waals surface area contributed by atoms with Crippen molar-refractivity contribution in [2.75, 3.05) is 24.5 Å². The van der Waals surface area contributed by atoms with Gasteiger partial charge in [0.25, 0.3) is 0 Å². The van der Waals surface area contributed by atoms with Gasteiger partial charge in [0.05, 0.1) is 4.90 Å². The average molecular weight is 360 g/mol. The summed E-state index contributed by atoms with van der Waals surface area (Å²) >= 11 is 0. The van der Waals surface area contributed by atoms with Crippen LogP contribution in [0.5, 0.6) is 0 Å². The maximum absolute atomic E-state index is 12.6. The number of hydrogen-bond acceptors (Lipinski definition) is 5. The Bertz CT molecular complexity index is 816. The summed E-state index contributed by atoms with van der Waals surface area (Å²) in [5.74, 6) is 1.08. The number of aryl methyl sites for hydroxylation is 2. The average Bonchev–Trinajstić information content (AvgIpc) is 2.63. The Balaban J connectivity index is 1.57. The minimum Gasteiger partial charge on any atom is -0.341 e. The third-order valence-corrected chi connectivity index (χ3v) is 6.21. The van der Waals surface area contributed by atoms with Crippen molar-refractivity contribution in [1.82, 2.24) is 14.7 Å². The normalized spacial score (nSPS) is 16.2. The molecular formula is C18H24N4O2S. The molecule has 25 heavy (non-hydrogen) atoms. The molecule has 1 N–H and O–H groups in total. The van der Waals surface area contributed by atoms with Crippen LogP contribution in [0.15, 0.2) is 41.6 Å². The highest BCUT2D eigenvalue weighted by Gasteiger charge is 2.23. The Morgan fingerprint density at radius 2 is 1.84 bits per heavy atom. The van der Waals surface area contributed by atoms with Crippen LogP contribution in [0.4, 0.5) is 5.95 Å². The van der Waals surface area contributed by atoms with Gasteiger partial charge in [0.2, 0.25) is 16.0 Å². The molecule has 1 aliphatic heterocycles. The number of aromatic nitrogens is 2. The van der Waals surface area contributed by atoms with E-state index in [0.717, 1.165) is 43.0 Å². The Kier molecular flexibility index (Phi) is 5.34. The summed E-state index contributed by atoms with van der Waals surface area (Å²) in [5.41, 5.74) is 1.72. The summed E-state index contributed by atoms with van der Waals surface area (Å²) in [6.07, 6.45) is 5.33. The maximum atomic E-state index is 12.6. The van der Waals surface area contributed by atoms with Crippen LogP contribution in [-0.4, -0.2) is 38.0 Å². The van der Waals surface area contributed by atoms with Crippen molar-refractivity contribution in [2.24, 2.45) is 5.92 Å². The number of benzene rings is 1. The van der Waals surface area contributed by atoms with Crippen molar-refractivity contribution in [3.63, 3.8) is 0 Å². The fraction of sp³-hybridized carbons (Fsp3) is 0.444. The number of nitrogens with zero attached hydrogens (tertiary/aromatic N) is 3.